The molecule has 0 fully saturated rings. The van der Waals surface area contributed by atoms with Crippen LogP contribution in [0.4, 0.5) is 0 Å². The van der Waals surface area contributed by atoms with Crippen LogP contribution in [-0.2, 0) is 26.7 Å². The van der Waals surface area contributed by atoms with E-state index in [0.717, 1.165) is 27.8 Å². The van der Waals surface area contributed by atoms with Crippen molar-refractivity contribution in [2.24, 2.45) is 10.7 Å². The van der Waals surface area contributed by atoms with Gasteiger partial charge in [0.2, 0.25) is 0 Å². The Balaban J connectivity index is 1.51. The van der Waals surface area contributed by atoms with Gasteiger partial charge in [-0.05, 0) is 46.0 Å². The van der Waals surface area contributed by atoms with Crippen molar-refractivity contribution >= 4 is 21.7 Å². The third-order valence-electron chi connectivity index (χ3n) is 6.36. The van der Waals surface area contributed by atoms with Crippen molar-refractivity contribution < 1.29 is 13.2 Å². The van der Waals surface area contributed by atoms with Crippen LogP contribution in [0.25, 0.3) is 11.1 Å². The summed E-state index contributed by atoms with van der Waals surface area (Å²) in [5.74, 6) is -0.0703. The standard InChI is InChI=1S/C29H25N3O3S/c1-36(34,35)26-17-9-12-23(19-26)22-11-8-10-21(18-22)20-32-27(33)29(31-28(32)30,24-13-4-2-5-14-24)25-15-6-3-7-16-25/h2-19H,20H2,1H3,(H2,30,31). The monoisotopic (exact) mass is 495 g/mol. The molecule has 0 aromatic heterocycles. The predicted molar refractivity (Wildman–Crippen MR) is 141 cm³/mol. The summed E-state index contributed by atoms with van der Waals surface area (Å²) in [5.41, 5.74) is 9.08. The smallest absolute Gasteiger partial charge is 0.266 e. The van der Waals surface area contributed by atoms with Gasteiger partial charge in [-0.25, -0.2) is 13.4 Å². The Labute approximate surface area is 210 Å². The van der Waals surface area contributed by atoms with Crippen LogP contribution in [0.15, 0.2) is 119 Å². The van der Waals surface area contributed by atoms with Crippen molar-refractivity contribution in [3.8, 4) is 11.1 Å². The second-order valence-electron chi connectivity index (χ2n) is 8.80. The summed E-state index contributed by atoms with van der Waals surface area (Å²) < 4.78 is 24.0. The molecule has 0 unspecified atom stereocenters. The van der Waals surface area contributed by atoms with E-state index < -0.39 is 15.4 Å². The Kier molecular flexibility index (Phi) is 5.94. The number of hydrogen-bond donors (Lipinski definition) is 1. The third-order valence-corrected chi connectivity index (χ3v) is 7.47. The number of nitrogens with zero attached hydrogens (tertiary/aromatic N) is 2. The Hall–Kier alpha value is -4.23. The van der Waals surface area contributed by atoms with E-state index in [4.69, 9.17) is 10.7 Å². The van der Waals surface area contributed by atoms with E-state index in [1.165, 1.54) is 11.2 Å². The van der Waals surface area contributed by atoms with Gasteiger partial charge in [0.25, 0.3) is 5.91 Å². The molecule has 1 heterocycles. The number of benzene rings is 4. The van der Waals surface area contributed by atoms with Gasteiger partial charge >= 0.3 is 0 Å². The summed E-state index contributed by atoms with van der Waals surface area (Å²) >= 11 is 0. The molecule has 0 bridgehead atoms. The van der Waals surface area contributed by atoms with Crippen LogP contribution in [-0.4, -0.2) is 31.4 Å². The van der Waals surface area contributed by atoms with Crippen LogP contribution in [0.1, 0.15) is 16.7 Å². The molecule has 6 nitrogen and oxygen atoms in total. The Morgan fingerprint density at radius 1 is 0.778 bits per heavy atom. The summed E-state index contributed by atoms with van der Waals surface area (Å²) in [4.78, 5) is 20.5. The molecule has 1 amide bonds. The van der Waals surface area contributed by atoms with Crippen LogP contribution in [0.3, 0.4) is 0 Å². The highest BCUT2D eigenvalue weighted by atomic mass is 32.2. The maximum Gasteiger partial charge on any atom is 0.266 e. The fourth-order valence-electron chi connectivity index (χ4n) is 4.57. The van der Waals surface area contributed by atoms with Gasteiger partial charge < -0.3 is 5.73 Å². The second kappa shape index (κ2) is 9.09. The quantitative estimate of drug-likeness (QED) is 0.430. The molecule has 0 aliphatic carbocycles. The molecule has 4 aromatic carbocycles. The van der Waals surface area contributed by atoms with Gasteiger partial charge in [0.15, 0.2) is 21.3 Å². The van der Waals surface area contributed by atoms with Crippen molar-refractivity contribution in [2.75, 3.05) is 6.26 Å². The highest BCUT2D eigenvalue weighted by Crippen LogP contribution is 2.40. The number of amides is 1. The molecule has 0 radical (unpaired) electrons. The number of hydrogen-bond acceptors (Lipinski definition) is 5. The van der Waals surface area contributed by atoms with Crippen LogP contribution in [0, 0.1) is 0 Å². The number of rotatable bonds is 6. The predicted octanol–water partition coefficient (Wildman–Crippen LogP) is 4.36. The van der Waals surface area contributed by atoms with E-state index in [-0.39, 0.29) is 23.3 Å². The van der Waals surface area contributed by atoms with Crippen LogP contribution in [0.2, 0.25) is 0 Å². The minimum absolute atomic E-state index is 0.150. The molecule has 0 saturated heterocycles. The molecule has 5 rings (SSSR count). The molecular formula is C29H25N3O3S. The molecule has 0 saturated carbocycles. The molecule has 180 valence electrons. The van der Waals surface area contributed by atoms with E-state index in [9.17, 15) is 13.2 Å². The first kappa shape index (κ1) is 23.5. The first-order chi connectivity index (χ1) is 17.3. The summed E-state index contributed by atoms with van der Waals surface area (Å²) in [6.45, 7) is 0.231. The summed E-state index contributed by atoms with van der Waals surface area (Å²) in [6, 6.07) is 33.4. The lowest BCUT2D eigenvalue weighted by molar-refractivity contribution is -0.130. The zero-order valence-electron chi connectivity index (χ0n) is 19.7. The fourth-order valence-corrected chi connectivity index (χ4v) is 5.24. The van der Waals surface area contributed by atoms with Crippen molar-refractivity contribution in [3.63, 3.8) is 0 Å². The van der Waals surface area contributed by atoms with Gasteiger partial charge in [0.05, 0.1) is 11.4 Å². The second-order valence-corrected chi connectivity index (χ2v) is 10.8. The zero-order valence-corrected chi connectivity index (χ0v) is 20.5. The highest BCUT2D eigenvalue weighted by Gasteiger charge is 2.50. The van der Waals surface area contributed by atoms with Crippen molar-refractivity contribution in [2.45, 2.75) is 17.0 Å². The van der Waals surface area contributed by atoms with E-state index in [0.29, 0.717) is 0 Å². The number of guanidine groups is 1. The first-order valence-corrected chi connectivity index (χ1v) is 13.4. The lowest BCUT2D eigenvalue weighted by atomic mass is 9.83. The van der Waals surface area contributed by atoms with E-state index >= 15 is 0 Å². The average molecular weight is 496 g/mol. The minimum atomic E-state index is -3.33. The molecular weight excluding hydrogens is 470 g/mol. The summed E-state index contributed by atoms with van der Waals surface area (Å²) in [6.07, 6.45) is 1.19. The maximum absolute atomic E-state index is 14.0. The van der Waals surface area contributed by atoms with Crippen LogP contribution >= 0.6 is 0 Å². The van der Waals surface area contributed by atoms with Gasteiger partial charge in [0.1, 0.15) is 0 Å². The molecule has 2 N–H and O–H groups in total. The largest absolute Gasteiger partial charge is 0.369 e. The van der Waals surface area contributed by atoms with Gasteiger partial charge in [-0.15, -0.1) is 0 Å². The Morgan fingerprint density at radius 3 is 1.92 bits per heavy atom. The number of sulfone groups is 1. The van der Waals surface area contributed by atoms with Crippen molar-refractivity contribution in [1.29, 1.82) is 0 Å². The van der Waals surface area contributed by atoms with Gasteiger partial charge in [-0.1, -0.05) is 91.0 Å². The maximum atomic E-state index is 14.0. The number of nitrogens with two attached hydrogens (primary N) is 1. The Morgan fingerprint density at radius 2 is 1.33 bits per heavy atom. The molecule has 1 aliphatic rings. The number of carbonyl (C=O) groups excluding carboxylic acids is 1. The van der Waals surface area contributed by atoms with Crippen LogP contribution < -0.4 is 5.73 Å². The minimum Gasteiger partial charge on any atom is -0.369 e. The van der Waals surface area contributed by atoms with E-state index in [1.54, 1.807) is 18.2 Å². The number of aliphatic imine (C=N–C) groups is 1. The molecule has 0 atom stereocenters. The average Bonchev–Trinajstić information content (AvgIpc) is 3.15. The molecule has 1 aliphatic heterocycles. The topological polar surface area (TPSA) is 92.8 Å². The SMILES string of the molecule is CS(=O)(=O)c1cccc(-c2cccc(CN3C(=O)C(c4ccccc4)(c4ccccc4)N=C3N)c2)c1. The normalized spacial score (nSPS) is 15.1. The summed E-state index contributed by atoms with van der Waals surface area (Å²) in [7, 11) is -3.33. The fraction of sp³-hybridized carbons (Fsp3) is 0.103. The van der Waals surface area contributed by atoms with Gasteiger partial charge in [-0.2, -0.15) is 0 Å². The van der Waals surface area contributed by atoms with Gasteiger partial charge in [0, 0.05) is 6.26 Å². The molecule has 36 heavy (non-hydrogen) atoms. The first-order valence-electron chi connectivity index (χ1n) is 11.5. The third kappa shape index (κ3) is 4.18. The number of carbonyl (C=O) groups is 1. The molecule has 0 spiro atoms. The van der Waals surface area contributed by atoms with E-state index in [2.05, 4.69) is 0 Å². The zero-order chi connectivity index (χ0) is 25.3. The van der Waals surface area contributed by atoms with Crippen LogP contribution in [0.5, 0.6) is 0 Å². The van der Waals surface area contributed by atoms with Crippen molar-refractivity contribution in [3.05, 3.63) is 126 Å². The molecule has 4 aromatic rings. The lowest BCUT2D eigenvalue weighted by Gasteiger charge is -2.27. The van der Waals surface area contributed by atoms with Crippen molar-refractivity contribution in [1.82, 2.24) is 4.90 Å². The highest BCUT2D eigenvalue weighted by molar-refractivity contribution is 7.90. The van der Waals surface area contributed by atoms with Gasteiger partial charge in [-0.3, -0.25) is 9.69 Å². The summed E-state index contributed by atoms with van der Waals surface area (Å²) in [5, 5.41) is 0. The molecule has 7 heteroatoms. The Bertz CT molecular complexity index is 1530. The van der Waals surface area contributed by atoms with E-state index in [1.807, 2.05) is 91.0 Å². The lowest BCUT2D eigenvalue weighted by Crippen LogP contribution is -2.43.